The SMILES string of the molecule is CNCCC(=O)NC(C)Cc1ccc(C(F)(F)F)cc1.Cl. The van der Waals surface area contributed by atoms with E-state index in [1.807, 2.05) is 6.92 Å². The van der Waals surface area contributed by atoms with Crippen LogP contribution in [0.15, 0.2) is 24.3 Å². The number of carbonyl (C=O) groups is 1. The minimum atomic E-state index is -4.31. The summed E-state index contributed by atoms with van der Waals surface area (Å²) in [6, 6.07) is 4.89. The molecule has 1 aromatic carbocycles. The van der Waals surface area contributed by atoms with E-state index in [1.165, 1.54) is 12.1 Å². The van der Waals surface area contributed by atoms with Gasteiger partial charge in [-0.3, -0.25) is 4.79 Å². The van der Waals surface area contributed by atoms with Gasteiger partial charge in [-0.05, 0) is 38.1 Å². The van der Waals surface area contributed by atoms with E-state index in [-0.39, 0.29) is 24.4 Å². The standard InChI is InChI=1S/C14H19F3N2O.ClH/c1-10(19-13(20)7-8-18-2)9-11-3-5-12(6-4-11)14(15,16)17;/h3-6,10,18H,7-9H2,1-2H3,(H,19,20);1H. The first-order valence-corrected chi connectivity index (χ1v) is 6.43. The van der Waals surface area contributed by atoms with Crippen LogP contribution in [0.3, 0.4) is 0 Å². The molecule has 0 fully saturated rings. The lowest BCUT2D eigenvalue weighted by Crippen LogP contribution is -2.35. The van der Waals surface area contributed by atoms with E-state index in [2.05, 4.69) is 10.6 Å². The second-order valence-corrected chi connectivity index (χ2v) is 4.72. The summed E-state index contributed by atoms with van der Waals surface area (Å²) in [7, 11) is 1.76. The molecule has 2 N–H and O–H groups in total. The number of alkyl halides is 3. The fourth-order valence-corrected chi connectivity index (χ4v) is 1.82. The van der Waals surface area contributed by atoms with E-state index in [9.17, 15) is 18.0 Å². The highest BCUT2D eigenvalue weighted by Crippen LogP contribution is 2.29. The zero-order chi connectivity index (χ0) is 15.2. The molecule has 21 heavy (non-hydrogen) atoms. The summed E-state index contributed by atoms with van der Waals surface area (Å²) in [6.07, 6.45) is -3.43. The summed E-state index contributed by atoms with van der Waals surface area (Å²) in [5.74, 6) is -0.0706. The van der Waals surface area contributed by atoms with Crippen molar-refractivity contribution >= 4 is 18.3 Å². The van der Waals surface area contributed by atoms with Crippen molar-refractivity contribution in [3.8, 4) is 0 Å². The van der Waals surface area contributed by atoms with E-state index < -0.39 is 11.7 Å². The molecule has 1 unspecified atom stereocenters. The van der Waals surface area contributed by atoms with Crippen molar-refractivity contribution in [1.29, 1.82) is 0 Å². The predicted octanol–water partition coefficient (Wildman–Crippen LogP) is 2.78. The number of amides is 1. The highest BCUT2D eigenvalue weighted by Gasteiger charge is 2.29. The van der Waals surface area contributed by atoms with Gasteiger partial charge in [0.1, 0.15) is 0 Å². The van der Waals surface area contributed by atoms with Gasteiger partial charge in [-0.2, -0.15) is 13.2 Å². The topological polar surface area (TPSA) is 41.1 Å². The smallest absolute Gasteiger partial charge is 0.353 e. The molecule has 0 aliphatic carbocycles. The molecule has 1 aromatic rings. The van der Waals surface area contributed by atoms with E-state index in [4.69, 9.17) is 0 Å². The van der Waals surface area contributed by atoms with Crippen molar-refractivity contribution in [2.45, 2.75) is 32.0 Å². The van der Waals surface area contributed by atoms with E-state index in [0.717, 1.165) is 17.7 Å². The number of benzene rings is 1. The normalized spacial score (nSPS) is 12.4. The van der Waals surface area contributed by atoms with Crippen molar-refractivity contribution in [2.75, 3.05) is 13.6 Å². The molecule has 0 heterocycles. The third-order valence-electron chi connectivity index (χ3n) is 2.83. The number of carbonyl (C=O) groups excluding carboxylic acids is 1. The Kier molecular flexibility index (Phi) is 8.36. The van der Waals surface area contributed by atoms with Gasteiger partial charge in [-0.1, -0.05) is 12.1 Å². The van der Waals surface area contributed by atoms with Gasteiger partial charge < -0.3 is 10.6 Å². The maximum atomic E-state index is 12.4. The van der Waals surface area contributed by atoms with Gasteiger partial charge in [0.15, 0.2) is 0 Å². The van der Waals surface area contributed by atoms with Crippen LogP contribution < -0.4 is 10.6 Å². The minimum absolute atomic E-state index is 0. The van der Waals surface area contributed by atoms with Crippen molar-refractivity contribution < 1.29 is 18.0 Å². The fraction of sp³-hybridized carbons (Fsp3) is 0.500. The molecule has 0 spiro atoms. The Hall–Kier alpha value is -1.27. The van der Waals surface area contributed by atoms with Gasteiger partial charge in [0.25, 0.3) is 0 Å². The number of hydrogen-bond donors (Lipinski definition) is 2. The monoisotopic (exact) mass is 324 g/mol. The average molecular weight is 325 g/mol. The molecule has 0 aromatic heterocycles. The molecular weight excluding hydrogens is 305 g/mol. The van der Waals surface area contributed by atoms with Crippen LogP contribution in [0, 0.1) is 0 Å². The molecule has 3 nitrogen and oxygen atoms in total. The molecule has 0 saturated carbocycles. The summed E-state index contributed by atoms with van der Waals surface area (Å²) in [5, 5.41) is 5.68. The molecule has 0 saturated heterocycles. The summed E-state index contributed by atoms with van der Waals surface area (Å²) >= 11 is 0. The fourth-order valence-electron chi connectivity index (χ4n) is 1.82. The maximum absolute atomic E-state index is 12.4. The van der Waals surface area contributed by atoms with Crippen molar-refractivity contribution in [3.05, 3.63) is 35.4 Å². The van der Waals surface area contributed by atoms with Crippen LogP contribution >= 0.6 is 12.4 Å². The lowest BCUT2D eigenvalue weighted by molar-refractivity contribution is -0.137. The Morgan fingerprint density at radius 3 is 2.29 bits per heavy atom. The average Bonchev–Trinajstić information content (AvgIpc) is 2.35. The second-order valence-electron chi connectivity index (χ2n) is 4.72. The first-order valence-electron chi connectivity index (χ1n) is 6.43. The van der Waals surface area contributed by atoms with Crippen LogP contribution in [-0.4, -0.2) is 25.5 Å². The summed E-state index contributed by atoms with van der Waals surface area (Å²) < 4.78 is 37.2. The van der Waals surface area contributed by atoms with Gasteiger partial charge in [0, 0.05) is 19.0 Å². The molecule has 0 aliphatic rings. The largest absolute Gasteiger partial charge is 0.416 e. The van der Waals surface area contributed by atoms with Crippen molar-refractivity contribution in [3.63, 3.8) is 0 Å². The highest BCUT2D eigenvalue weighted by molar-refractivity contribution is 5.85. The van der Waals surface area contributed by atoms with Crippen LogP contribution in [0.4, 0.5) is 13.2 Å². The van der Waals surface area contributed by atoms with Crippen molar-refractivity contribution in [2.24, 2.45) is 0 Å². The number of halogens is 4. The second kappa shape index (κ2) is 8.89. The zero-order valence-electron chi connectivity index (χ0n) is 12.0. The quantitative estimate of drug-likeness (QED) is 0.845. The summed E-state index contributed by atoms with van der Waals surface area (Å²) in [6.45, 7) is 2.42. The third-order valence-corrected chi connectivity index (χ3v) is 2.83. The van der Waals surface area contributed by atoms with Gasteiger partial charge in [0.05, 0.1) is 5.56 Å². The number of hydrogen-bond acceptors (Lipinski definition) is 2. The van der Waals surface area contributed by atoms with Crippen LogP contribution in [0.1, 0.15) is 24.5 Å². The van der Waals surface area contributed by atoms with E-state index >= 15 is 0 Å². The molecule has 7 heteroatoms. The Labute approximate surface area is 128 Å². The Bertz CT molecular complexity index is 435. The lowest BCUT2D eigenvalue weighted by atomic mass is 10.0. The first-order chi connectivity index (χ1) is 9.32. The number of nitrogens with one attached hydrogen (secondary N) is 2. The highest BCUT2D eigenvalue weighted by atomic mass is 35.5. The molecule has 1 atom stereocenters. The molecular formula is C14H20ClF3N2O. The van der Waals surface area contributed by atoms with E-state index in [1.54, 1.807) is 7.05 Å². The maximum Gasteiger partial charge on any atom is 0.416 e. The summed E-state index contributed by atoms with van der Waals surface area (Å²) in [4.78, 5) is 11.5. The van der Waals surface area contributed by atoms with Gasteiger partial charge in [-0.25, -0.2) is 0 Å². The Morgan fingerprint density at radius 1 is 1.24 bits per heavy atom. The van der Waals surface area contributed by atoms with Crippen molar-refractivity contribution in [1.82, 2.24) is 10.6 Å². The van der Waals surface area contributed by atoms with Crippen LogP contribution in [-0.2, 0) is 17.4 Å². The number of rotatable bonds is 6. The Morgan fingerprint density at radius 2 is 1.81 bits per heavy atom. The first kappa shape index (κ1) is 19.7. The molecule has 0 radical (unpaired) electrons. The third kappa shape index (κ3) is 7.34. The molecule has 1 amide bonds. The lowest BCUT2D eigenvalue weighted by Gasteiger charge is -2.14. The van der Waals surface area contributed by atoms with E-state index in [0.29, 0.717) is 19.4 Å². The summed E-state index contributed by atoms with van der Waals surface area (Å²) in [5.41, 5.74) is 0.103. The predicted molar refractivity (Wildman–Crippen MR) is 78.5 cm³/mol. The Balaban J connectivity index is 0.00000400. The molecule has 0 aliphatic heterocycles. The zero-order valence-corrected chi connectivity index (χ0v) is 12.8. The van der Waals surface area contributed by atoms with Gasteiger partial charge in [-0.15, -0.1) is 12.4 Å². The van der Waals surface area contributed by atoms with Crippen LogP contribution in [0.25, 0.3) is 0 Å². The molecule has 120 valence electrons. The molecule has 0 bridgehead atoms. The van der Waals surface area contributed by atoms with Crippen LogP contribution in [0.5, 0.6) is 0 Å². The van der Waals surface area contributed by atoms with Crippen LogP contribution in [0.2, 0.25) is 0 Å². The minimum Gasteiger partial charge on any atom is -0.353 e. The molecule has 1 rings (SSSR count). The van der Waals surface area contributed by atoms with Gasteiger partial charge >= 0.3 is 6.18 Å². The van der Waals surface area contributed by atoms with Gasteiger partial charge in [0.2, 0.25) is 5.91 Å².